The minimum absolute atomic E-state index is 0.0521. The van der Waals surface area contributed by atoms with Gasteiger partial charge >= 0.3 is 0 Å². The van der Waals surface area contributed by atoms with E-state index in [0.717, 1.165) is 0 Å². The van der Waals surface area contributed by atoms with Crippen LogP contribution in [0.2, 0.25) is 0 Å². The van der Waals surface area contributed by atoms with Crippen molar-refractivity contribution >= 4 is 22.8 Å². The molecule has 3 nitrogen and oxygen atoms in total. The highest BCUT2D eigenvalue weighted by Crippen LogP contribution is 2.23. The van der Waals surface area contributed by atoms with Crippen molar-refractivity contribution in [3.05, 3.63) is 0 Å². The van der Waals surface area contributed by atoms with E-state index in [9.17, 15) is 9.59 Å². The lowest BCUT2D eigenvalue weighted by molar-refractivity contribution is -0.119. The standard InChI is InChI=1S/C7H11NO2S/c1-4-6(11-5(2)9)3-7(10)8-4/h4,6H,3H2,1-2H3,(H,8,10)/t4-,6-/m1/s1. The van der Waals surface area contributed by atoms with Crippen LogP contribution in [-0.4, -0.2) is 22.3 Å². The number of thioether (sulfide) groups is 1. The predicted octanol–water partition coefficient (Wildman–Crippen LogP) is 0.543. The summed E-state index contributed by atoms with van der Waals surface area (Å²) in [6.07, 6.45) is 0.478. The van der Waals surface area contributed by atoms with Gasteiger partial charge in [-0.1, -0.05) is 11.8 Å². The molecule has 0 saturated carbocycles. The molecule has 1 aliphatic heterocycles. The van der Waals surface area contributed by atoms with Crippen molar-refractivity contribution in [1.82, 2.24) is 5.32 Å². The van der Waals surface area contributed by atoms with Crippen molar-refractivity contribution in [1.29, 1.82) is 0 Å². The average Bonchev–Trinajstić information content (AvgIpc) is 2.09. The first-order valence-corrected chi connectivity index (χ1v) is 4.44. The van der Waals surface area contributed by atoms with Crippen molar-refractivity contribution in [3.8, 4) is 0 Å². The highest BCUT2D eigenvalue weighted by molar-refractivity contribution is 8.14. The van der Waals surface area contributed by atoms with Gasteiger partial charge in [-0.25, -0.2) is 0 Å². The number of amides is 1. The molecule has 0 aliphatic carbocycles. The first-order chi connectivity index (χ1) is 5.09. The zero-order valence-corrected chi connectivity index (χ0v) is 7.40. The Labute approximate surface area is 69.9 Å². The van der Waals surface area contributed by atoms with E-state index in [4.69, 9.17) is 0 Å². The van der Waals surface area contributed by atoms with Crippen LogP contribution in [-0.2, 0) is 9.59 Å². The Kier molecular flexibility index (Phi) is 2.54. The molecule has 0 aromatic heterocycles. The topological polar surface area (TPSA) is 46.2 Å². The van der Waals surface area contributed by atoms with Gasteiger partial charge < -0.3 is 5.32 Å². The van der Waals surface area contributed by atoms with Crippen LogP contribution in [0.25, 0.3) is 0 Å². The fraction of sp³-hybridized carbons (Fsp3) is 0.714. The van der Waals surface area contributed by atoms with Crippen LogP contribution >= 0.6 is 11.8 Å². The normalized spacial score (nSPS) is 30.2. The van der Waals surface area contributed by atoms with Gasteiger partial charge in [-0.2, -0.15) is 0 Å². The molecular weight excluding hydrogens is 162 g/mol. The molecule has 1 heterocycles. The molecule has 1 rings (SSSR count). The molecular formula is C7H11NO2S. The monoisotopic (exact) mass is 173 g/mol. The van der Waals surface area contributed by atoms with Crippen LogP contribution in [0.5, 0.6) is 0 Å². The van der Waals surface area contributed by atoms with Crippen LogP contribution in [0.4, 0.5) is 0 Å². The molecule has 0 spiro atoms. The summed E-state index contributed by atoms with van der Waals surface area (Å²) in [6.45, 7) is 3.45. The number of hydrogen-bond donors (Lipinski definition) is 1. The Bertz CT molecular complexity index is 193. The van der Waals surface area contributed by atoms with Gasteiger partial charge in [0.1, 0.15) is 0 Å². The van der Waals surface area contributed by atoms with Gasteiger partial charge in [0.25, 0.3) is 0 Å². The van der Waals surface area contributed by atoms with E-state index in [0.29, 0.717) is 6.42 Å². The second kappa shape index (κ2) is 3.26. The van der Waals surface area contributed by atoms with Crippen molar-refractivity contribution in [3.63, 3.8) is 0 Å². The summed E-state index contributed by atoms with van der Waals surface area (Å²) in [5.74, 6) is 0.0521. The second-order valence-corrected chi connectivity index (χ2v) is 4.12. The quantitative estimate of drug-likeness (QED) is 0.629. The molecule has 2 atom stereocenters. The highest BCUT2D eigenvalue weighted by Gasteiger charge is 2.30. The smallest absolute Gasteiger partial charge is 0.221 e. The first-order valence-electron chi connectivity index (χ1n) is 3.56. The SMILES string of the molecule is CC(=O)S[C@@H]1CC(=O)N[C@@H]1C. The Morgan fingerprint density at radius 1 is 1.73 bits per heavy atom. The van der Waals surface area contributed by atoms with Gasteiger partial charge in [0.15, 0.2) is 5.12 Å². The summed E-state index contributed by atoms with van der Waals surface area (Å²) in [7, 11) is 0. The number of nitrogens with one attached hydrogen (secondary N) is 1. The van der Waals surface area contributed by atoms with Crippen molar-refractivity contribution in [2.45, 2.75) is 31.6 Å². The van der Waals surface area contributed by atoms with Gasteiger partial charge in [0.05, 0.1) is 0 Å². The fourth-order valence-corrected chi connectivity index (χ4v) is 2.06. The second-order valence-electron chi connectivity index (χ2n) is 2.71. The van der Waals surface area contributed by atoms with E-state index in [1.165, 1.54) is 18.7 Å². The van der Waals surface area contributed by atoms with E-state index in [2.05, 4.69) is 5.32 Å². The molecule has 1 fully saturated rings. The van der Waals surface area contributed by atoms with Crippen LogP contribution in [0.1, 0.15) is 20.3 Å². The number of carbonyl (C=O) groups is 2. The van der Waals surface area contributed by atoms with E-state index in [1.807, 2.05) is 6.92 Å². The zero-order chi connectivity index (χ0) is 8.43. The maximum absolute atomic E-state index is 10.8. The molecule has 1 aliphatic rings. The molecule has 0 bridgehead atoms. The van der Waals surface area contributed by atoms with Crippen LogP contribution in [0.3, 0.4) is 0 Å². The molecule has 4 heteroatoms. The van der Waals surface area contributed by atoms with Gasteiger partial charge in [0, 0.05) is 24.6 Å². The minimum Gasteiger partial charge on any atom is -0.352 e. The summed E-state index contributed by atoms with van der Waals surface area (Å²) in [5, 5.41) is 2.98. The Hall–Kier alpha value is -0.510. The summed E-state index contributed by atoms with van der Waals surface area (Å²) in [5.41, 5.74) is 0. The lowest BCUT2D eigenvalue weighted by Gasteiger charge is -2.10. The first kappa shape index (κ1) is 8.59. The van der Waals surface area contributed by atoms with Gasteiger partial charge in [0.2, 0.25) is 5.91 Å². The Morgan fingerprint density at radius 3 is 2.73 bits per heavy atom. The number of rotatable bonds is 1. The van der Waals surface area contributed by atoms with E-state index in [-0.39, 0.29) is 22.3 Å². The minimum atomic E-state index is 0.0521. The molecule has 62 valence electrons. The molecule has 0 aromatic carbocycles. The maximum Gasteiger partial charge on any atom is 0.221 e. The predicted molar refractivity (Wildman–Crippen MR) is 44.3 cm³/mol. The van der Waals surface area contributed by atoms with Crippen molar-refractivity contribution in [2.75, 3.05) is 0 Å². The fourth-order valence-electron chi connectivity index (χ4n) is 1.12. The molecule has 1 amide bonds. The largest absolute Gasteiger partial charge is 0.352 e. The molecule has 0 radical (unpaired) electrons. The third-order valence-corrected chi connectivity index (χ3v) is 2.86. The van der Waals surface area contributed by atoms with E-state index >= 15 is 0 Å². The lowest BCUT2D eigenvalue weighted by Crippen LogP contribution is -2.26. The van der Waals surface area contributed by atoms with Gasteiger partial charge in [-0.05, 0) is 6.92 Å². The summed E-state index contributed by atoms with van der Waals surface area (Å²) >= 11 is 1.25. The summed E-state index contributed by atoms with van der Waals surface area (Å²) in [4.78, 5) is 21.5. The van der Waals surface area contributed by atoms with Crippen molar-refractivity contribution < 1.29 is 9.59 Å². The number of hydrogen-bond acceptors (Lipinski definition) is 3. The number of carbonyl (C=O) groups excluding carboxylic acids is 2. The highest BCUT2D eigenvalue weighted by atomic mass is 32.2. The van der Waals surface area contributed by atoms with E-state index in [1.54, 1.807) is 0 Å². The van der Waals surface area contributed by atoms with Crippen molar-refractivity contribution in [2.24, 2.45) is 0 Å². The summed E-state index contributed by atoms with van der Waals surface area (Å²) in [6, 6.07) is 0.136. The Morgan fingerprint density at radius 2 is 2.36 bits per heavy atom. The Balaban J connectivity index is 2.46. The van der Waals surface area contributed by atoms with Gasteiger partial charge in [-0.15, -0.1) is 0 Å². The van der Waals surface area contributed by atoms with Crippen LogP contribution < -0.4 is 5.32 Å². The summed E-state index contributed by atoms with van der Waals surface area (Å²) < 4.78 is 0. The van der Waals surface area contributed by atoms with Crippen LogP contribution in [0, 0.1) is 0 Å². The molecule has 1 saturated heterocycles. The molecule has 1 N–H and O–H groups in total. The maximum atomic E-state index is 10.8. The zero-order valence-electron chi connectivity index (χ0n) is 6.59. The van der Waals surface area contributed by atoms with Gasteiger partial charge in [-0.3, -0.25) is 9.59 Å². The van der Waals surface area contributed by atoms with Crippen LogP contribution in [0.15, 0.2) is 0 Å². The third kappa shape index (κ3) is 2.22. The average molecular weight is 173 g/mol. The third-order valence-electron chi connectivity index (χ3n) is 1.65. The molecule has 0 aromatic rings. The lowest BCUT2D eigenvalue weighted by atomic mass is 10.2. The van der Waals surface area contributed by atoms with E-state index < -0.39 is 0 Å². The molecule has 0 unspecified atom stereocenters. The molecule has 11 heavy (non-hydrogen) atoms.